The van der Waals surface area contributed by atoms with Gasteiger partial charge in [0.15, 0.2) is 5.69 Å². The maximum Gasteiger partial charge on any atom is 0.358 e. The number of nitrogens with one attached hydrogen (secondary N) is 3. The molecular weight excluding hydrogens is 432 g/mol. The number of carbonyl (C=O) groups is 1. The van der Waals surface area contributed by atoms with Crippen molar-refractivity contribution in [3.05, 3.63) is 71.0 Å². The van der Waals surface area contributed by atoms with Gasteiger partial charge in [0, 0.05) is 18.8 Å². The van der Waals surface area contributed by atoms with Crippen molar-refractivity contribution >= 4 is 29.8 Å². The van der Waals surface area contributed by atoms with Crippen molar-refractivity contribution in [3.8, 4) is 5.75 Å². The molecule has 0 unspecified atom stereocenters. The molecule has 2 heterocycles. The Morgan fingerprint density at radius 2 is 1.75 bits per heavy atom. The Morgan fingerprint density at radius 3 is 2.34 bits per heavy atom. The molecule has 0 radical (unpaired) electrons. The summed E-state index contributed by atoms with van der Waals surface area (Å²) in [6, 6.07) is 16.0. The van der Waals surface area contributed by atoms with E-state index >= 15 is 0 Å². The molecule has 1 fully saturated rings. The van der Waals surface area contributed by atoms with Gasteiger partial charge in [-0.2, -0.15) is 5.10 Å². The quantitative estimate of drug-likeness (QED) is 0.344. The van der Waals surface area contributed by atoms with Crippen LogP contribution in [0.1, 0.15) is 27.3 Å². The minimum Gasteiger partial charge on any atom is -0.491 e. The molecule has 2 aromatic carbocycles. The predicted octanol–water partition coefficient (Wildman–Crippen LogP) is 3.54. The number of benzene rings is 2. The zero-order valence-electron chi connectivity index (χ0n) is 17.8. The molecule has 8 nitrogen and oxygen atoms in total. The van der Waals surface area contributed by atoms with Crippen LogP contribution in [0.15, 0.2) is 48.5 Å². The average Bonchev–Trinajstić information content (AvgIpc) is 3.10. The molecule has 0 saturated carbocycles. The summed E-state index contributed by atoms with van der Waals surface area (Å²) in [5.74, 6) is -0.234. The molecule has 0 spiro atoms. The number of nitrogens with zero attached hydrogens (tertiary/aromatic N) is 1. The van der Waals surface area contributed by atoms with E-state index in [1.54, 1.807) is 6.92 Å². The lowest BCUT2D eigenvalue weighted by atomic mass is 10.0. The number of rotatable bonds is 10. The van der Waals surface area contributed by atoms with E-state index in [1.807, 2.05) is 36.4 Å². The fourth-order valence-corrected chi connectivity index (χ4v) is 3.28. The minimum atomic E-state index is -1.07. The minimum absolute atomic E-state index is 0. The van der Waals surface area contributed by atoms with Crippen LogP contribution in [0.5, 0.6) is 5.75 Å². The van der Waals surface area contributed by atoms with Crippen LogP contribution < -0.4 is 15.4 Å². The molecule has 32 heavy (non-hydrogen) atoms. The number of anilines is 2. The van der Waals surface area contributed by atoms with Crippen LogP contribution in [0, 0.1) is 6.92 Å². The van der Waals surface area contributed by atoms with E-state index in [2.05, 4.69) is 33.0 Å². The van der Waals surface area contributed by atoms with Crippen LogP contribution in [-0.4, -0.2) is 53.7 Å². The second-order valence-electron chi connectivity index (χ2n) is 7.52. The van der Waals surface area contributed by atoms with Gasteiger partial charge in [0.25, 0.3) is 0 Å². The average molecular weight is 459 g/mol. The molecular formula is C23H27ClN4O4. The van der Waals surface area contributed by atoms with Crippen molar-refractivity contribution in [1.82, 2.24) is 15.5 Å². The van der Waals surface area contributed by atoms with E-state index in [0.717, 1.165) is 36.5 Å². The number of H-pyrrole nitrogens is 1. The van der Waals surface area contributed by atoms with Crippen molar-refractivity contribution < 1.29 is 19.4 Å². The van der Waals surface area contributed by atoms with Crippen LogP contribution in [0.2, 0.25) is 0 Å². The molecule has 1 aromatic heterocycles. The van der Waals surface area contributed by atoms with Gasteiger partial charge >= 0.3 is 5.97 Å². The number of hydrogen-bond acceptors (Lipinski definition) is 6. The zero-order chi connectivity index (χ0) is 21.6. The summed E-state index contributed by atoms with van der Waals surface area (Å²) in [7, 11) is 0. The van der Waals surface area contributed by atoms with Crippen LogP contribution in [0.4, 0.5) is 11.4 Å². The number of aromatic nitrogens is 2. The fraction of sp³-hybridized carbons (Fsp3) is 0.304. The van der Waals surface area contributed by atoms with Crippen molar-refractivity contribution in [2.75, 3.05) is 31.6 Å². The van der Waals surface area contributed by atoms with Crippen LogP contribution in [0.25, 0.3) is 0 Å². The summed E-state index contributed by atoms with van der Waals surface area (Å²) < 4.78 is 11.4. The third-order valence-electron chi connectivity index (χ3n) is 5.15. The fourth-order valence-electron chi connectivity index (χ4n) is 3.28. The summed E-state index contributed by atoms with van der Waals surface area (Å²) >= 11 is 0. The molecule has 1 aliphatic rings. The van der Waals surface area contributed by atoms with E-state index < -0.39 is 5.97 Å². The highest BCUT2D eigenvalue weighted by Gasteiger charge is 2.17. The predicted molar refractivity (Wildman–Crippen MR) is 125 cm³/mol. The smallest absolute Gasteiger partial charge is 0.358 e. The van der Waals surface area contributed by atoms with E-state index in [1.165, 1.54) is 5.56 Å². The Morgan fingerprint density at radius 1 is 1.09 bits per heavy atom. The first-order valence-electron chi connectivity index (χ1n) is 10.3. The number of carboxylic acid groups (broad SMARTS) is 1. The molecule has 170 valence electrons. The van der Waals surface area contributed by atoms with E-state index in [-0.39, 0.29) is 18.1 Å². The highest BCUT2D eigenvalue weighted by Crippen LogP contribution is 2.24. The third-order valence-corrected chi connectivity index (χ3v) is 5.15. The largest absolute Gasteiger partial charge is 0.491 e. The van der Waals surface area contributed by atoms with E-state index in [9.17, 15) is 9.90 Å². The second-order valence-corrected chi connectivity index (χ2v) is 7.52. The van der Waals surface area contributed by atoms with Gasteiger partial charge in [-0.3, -0.25) is 5.10 Å². The van der Waals surface area contributed by atoms with Crippen LogP contribution >= 0.6 is 12.4 Å². The number of aromatic carboxylic acids is 1. The van der Waals surface area contributed by atoms with Crippen molar-refractivity contribution in [3.63, 3.8) is 0 Å². The maximum absolute atomic E-state index is 11.3. The first-order valence-corrected chi connectivity index (χ1v) is 10.3. The summed E-state index contributed by atoms with van der Waals surface area (Å²) in [5.41, 5.74) is 4.28. The topological polar surface area (TPSA) is 109 Å². The van der Waals surface area contributed by atoms with Gasteiger partial charge in [-0.05, 0) is 48.7 Å². The van der Waals surface area contributed by atoms with Crippen molar-refractivity contribution in [1.29, 1.82) is 0 Å². The number of carboxylic acids is 1. The van der Waals surface area contributed by atoms with Gasteiger partial charge in [0.05, 0.1) is 24.1 Å². The Hall–Kier alpha value is -3.07. The van der Waals surface area contributed by atoms with E-state index in [4.69, 9.17) is 9.47 Å². The van der Waals surface area contributed by atoms with Gasteiger partial charge in [0.2, 0.25) is 0 Å². The van der Waals surface area contributed by atoms with Gasteiger partial charge < -0.3 is 25.2 Å². The Kier molecular flexibility index (Phi) is 8.10. The molecule has 9 heteroatoms. The Labute approximate surface area is 192 Å². The Bertz CT molecular complexity index is 1020. The first-order chi connectivity index (χ1) is 15.1. The first kappa shape index (κ1) is 23.6. The number of halogens is 1. The molecule has 1 aliphatic heterocycles. The van der Waals surface area contributed by atoms with E-state index in [0.29, 0.717) is 30.7 Å². The Balaban J connectivity index is 0.00000289. The molecule has 0 bridgehead atoms. The number of aryl methyl sites for hydroxylation is 1. The monoisotopic (exact) mass is 458 g/mol. The number of hydrogen-bond donors (Lipinski definition) is 4. The van der Waals surface area contributed by atoms with Gasteiger partial charge in [-0.25, -0.2) is 4.79 Å². The highest BCUT2D eigenvalue weighted by atomic mass is 35.5. The lowest BCUT2D eigenvalue weighted by Gasteiger charge is -2.26. The number of aromatic amines is 1. The zero-order valence-corrected chi connectivity index (χ0v) is 18.6. The maximum atomic E-state index is 11.3. The standard InChI is InChI=1S/C23H26N4O4.ClH/c1-15-21(22(23(28)29)27-26-15)25-18-6-2-16(3-7-18)12-17-4-8-19(9-5-17)30-10-11-31-20-13-24-14-20;/h2-9,20,24-25H,10-14H2,1H3,(H,26,27)(H,28,29);1H. The molecule has 0 aliphatic carbocycles. The lowest BCUT2D eigenvalue weighted by molar-refractivity contribution is 0.00454. The highest BCUT2D eigenvalue weighted by molar-refractivity contribution is 5.93. The van der Waals surface area contributed by atoms with Gasteiger partial charge in [-0.15, -0.1) is 12.4 Å². The molecule has 3 aromatic rings. The van der Waals surface area contributed by atoms with Crippen molar-refractivity contribution in [2.45, 2.75) is 19.4 Å². The SMILES string of the molecule is Cc1[nH]nc(C(=O)O)c1Nc1ccc(Cc2ccc(OCCOC3CNC3)cc2)cc1.Cl. The summed E-state index contributed by atoms with van der Waals surface area (Å²) in [5, 5.41) is 22.1. The number of ether oxygens (including phenoxy) is 2. The molecule has 4 rings (SSSR count). The van der Waals surface area contributed by atoms with Gasteiger partial charge in [-0.1, -0.05) is 24.3 Å². The molecule has 4 N–H and O–H groups in total. The van der Waals surface area contributed by atoms with Crippen LogP contribution in [0.3, 0.4) is 0 Å². The summed E-state index contributed by atoms with van der Waals surface area (Å²) in [4.78, 5) is 11.3. The van der Waals surface area contributed by atoms with Crippen molar-refractivity contribution in [2.24, 2.45) is 0 Å². The summed E-state index contributed by atoms with van der Waals surface area (Å²) in [6.45, 7) is 4.78. The lowest BCUT2D eigenvalue weighted by Crippen LogP contribution is -2.48. The normalized spacial score (nSPS) is 13.2. The summed E-state index contributed by atoms with van der Waals surface area (Å²) in [6.07, 6.45) is 1.12. The second kappa shape index (κ2) is 11.0. The third kappa shape index (κ3) is 6.00. The molecule has 0 amide bonds. The molecule has 1 saturated heterocycles. The van der Waals surface area contributed by atoms with Gasteiger partial charge in [0.1, 0.15) is 12.4 Å². The van der Waals surface area contributed by atoms with Crippen LogP contribution in [-0.2, 0) is 11.2 Å². The molecule has 0 atom stereocenters.